The molecule has 190 valence electrons. The molecule has 11 heteroatoms. The molecule has 2 amide bonds. The summed E-state index contributed by atoms with van der Waals surface area (Å²) in [6.07, 6.45) is 3.85. The van der Waals surface area contributed by atoms with Crippen molar-refractivity contribution in [3.63, 3.8) is 0 Å². The minimum Gasteiger partial charge on any atom is -0.487 e. The van der Waals surface area contributed by atoms with Crippen molar-refractivity contribution in [3.05, 3.63) is 77.4 Å². The zero-order chi connectivity index (χ0) is 26.3. The van der Waals surface area contributed by atoms with E-state index in [-0.39, 0.29) is 28.4 Å². The van der Waals surface area contributed by atoms with E-state index in [1.54, 1.807) is 55.4 Å². The zero-order valence-corrected chi connectivity index (χ0v) is 20.7. The summed E-state index contributed by atoms with van der Waals surface area (Å²) in [4.78, 5) is 26.0. The molecule has 37 heavy (non-hydrogen) atoms. The van der Waals surface area contributed by atoms with Crippen molar-refractivity contribution < 1.29 is 23.5 Å². The summed E-state index contributed by atoms with van der Waals surface area (Å²) in [7, 11) is 3.45. The molecule has 0 saturated heterocycles. The maximum atomic E-state index is 14.9. The number of rotatable bonds is 6. The summed E-state index contributed by atoms with van der Waals surface area (Å²) >= 11 is 0. The Labute approximate surface area is 212 Å². The largest absolute Gasteiger partial charge is 0.487 e. The quantitative estimate of drug-likeness (QED) is 0.405. The van der Waals surface area contributed by atoms with E-state index in [0.29, 0.717) is 23.6 Å². The fourth-order valence-electron chi connectivity index (χ4n) is 4.13. The third kappa shape index (κ3) is 5.01. The number of amides is 2. The molecule has 2 aromatic heterocycles. The lowest BCUT2D eigenvalue weighted by Gasteiger charge is -2.16. The number of nitrogens with zero attached hydrogens (tertiary/aromatic N) is 4. The lowest BCUT2D eigenvalue weighted by atomic mass is 9.99. The Balaban J connectivity index is 1.50. The average molecular weight is 505 g/mol. The Hall–Kier alpha value is -4.67. The van der Waals surface area contributed by atoms with Crippen LogP contribution in [0.3, 0.4) is 0 Å². The second kappa shape index (κ2) is 9.08. The second-order valence-electron chi connectivity index (χ2n) is 9.36. The van der Waals surface area contributed by atoms with Gasteiger partial charge in [-0.2, -0.15) is 10.2 Å². The molecular weight excluding hydrogens is 479 g/mol. The van der Waals surface area contributed by atoms with E-state index < -0.39 is 23.2 Å². The molecule has 2 aromatic carbocycles. The molecule has 0 atom stereocenters. The summed E-state index contributed by atoms with van der Waals surface area (Å²) in [6, 6.07) is 10.6. The van der Waals surface area contributed by atoms with E-state index >= 15 is 0 Å². The fraction of sp³-hybridized carbons (Fsp3) is 0.231. The van der Waals surface area contributed by atoms with E-state index in [4.69, 9.17) is 9.47 Å². The summed E-state index contributed by atoms with van der Waals surface area (Å²) in [5.74, 6) is -0.500. The maximum absolute atomic E-state index is 14.9. The number of ether oxygens (including phenoxy) is 2. The number of benzene rings is 2. The van der Waals surface area contributed by atoms with Crippen LogP contribution in [0.1, 0.15) is 40.1 Å². The highest BCUT2D eigenvalue weighted by Crippen LogP contribution is 2.43. The van der Waals surface area contributed by atoms with Crippen molar-refractivity contribution in [2.75, 3.05) is 10.6 Å². The normalized spacial score (nSPS) is 13.5. The van der Waals surface area contributed by atoms with Gasteiger partial charge in [-0.1, -0.05) is 6.07 Å². The molecule has 0 fully saturated rings. The number of hydrogen-bond acceptors (Lipinski definition) is 6. The summed E-state index contributed by atoms with van der Waals surface area (Å²) < 4.78 is 30.2. The minimum atomic E-state index is -0.761. The standard InChI is InChI=1S/C26H25FN6O4/c1-26(2)14-16-19(12-15(13-20(16)37-26)24(34)28-21-8-10-32(3)30-21)36-18-7-5-6-17(27)23(18)25(35)29-22-9-11-33(4)31-22/h5-13H,14H2,1-4H3,(H,28,30,34)(H,29,31,35). The van der Waals surface area contributed by atoms with Crippen LogP contribution in [0.15, 0.2) is 54.9 Å². The van der Waals surface area contributed by atoms with Crippen molar-refractivity contribution in [1.29, 1.82) is 0 Å². The van der Waals surface area contributed by atoms with Gasteiger partial charge in [0.2, 0.25) is 0 Å². The Bertz CT molecular complexity index is 1520. The highest BCUT2D eigenvalue weighted by molar-refractivity contribution is 6.06. The van der Waals surface area contributed by atoms with Crippen molar-refractivity contribution in [2.24, 2.45) is 14.1 Å². The number of nitrogens with one attached hydrogen (secondary N) is 2. The van der Waals surface area contributed by atoms with Gasteiger partial charge in [0.1, 0.15) is 34.2 Å². The van der Waals surface area contributed by atoms with Crippen LogP contribution in [0.4, 0.5) is 16.0 Å². The smallest absolute Gasteiger partial charge is 0.263 e. The first kappa shape index (κ1) is 24.0. The molecule has 0 aliphatic carbocycles. The summed E-state index contributed by atoms with van der Waals surface area (Å²) in [5, 5.41) is 13.6. The van der Waals surface area contributed by atoms with E-state index in [0.717, 1.165) is 0 Å². The number of aryl methyl sites for hydroxylation is 2. The number of carbonyl (C=O) groups excluding carboxylic acids is 2. The molecule has 1 aliphatic heterocycles. The molecule has 0 saturated carbocycles. The van der Waals surface area contributed by atoms with Crippen LogP contribution in [0, 0.1) is 5.82 Å². The van der Waals surface area contributed by atoms with Gasteiger partial charge < -0.3 is 20.1 Å². The van der Waals surface area contributed by atoms with Gasteiger partial charge in [-0.25, -0.2) is 4.39 Å². The summed E-state index contributed by atoms with van der Waals surface area (Å²) in [6.45, 7) is 3.83. The second-order valence-corrected chi connectivity index (χ2v) is 9.36. The van der Waals surface area contributed by atoms with Gasteiger partial charge in [-0.3, -0.25) is 19.0 Å². The first-order valence-electron chi connectivity index (χ1n) is 11.5. The first-order chi connectivity index (χ1) is 17.6. The molecule has 5 rings (SSSR count). The van der Waals surface area contributed by atoms with Crippen LogP contribution in [-0.4, -0.2) is 37.0 Å². The van der Waals surface area contributed by atoms with Crippen molar-refractivity contribution in [1.82, 2.24) is 19.6 Å². The SMILES string of the molecule is Cn1ccc(NC(=O)c2cc(Oc3cccc(F)c3C(=O)Nc3ccn(C)n3)c3c(c2)OC(C)(C)C3)n1. The number of fused-ring (bicyclic) bond motifs is 1. The summed E-state index contributed by atoms with van der Waals surface area (Å²) in [5.41, 5.74) is 0.133. The Morgan fingerprint density at radius 3 is 2.24 bits per heavy atom. The Kier molecular flexibility index (Phi) is 5.90. The van der Waals surface area contributed by atoms with Gasteiger partial charge in [0.05, 0.1) is 0 Å². The van der Waals surface area contributed by atoms with Gasteiger partial charge >= 0.3 is 0 Å². The molecular formula is C26H25FN6O4. The van der Waals surface area contributed by atoms with Gasteiger partial charge in [-0.05, 0) is 38.1 Å². The minimum absolute atomic E-state index is 0.0115. The number of aromatic nitrogens is 4. The highest BCUT2D eigenvalue weighted by Gasteiger charge is 2.34. The van der Waals surface area contributed by atoms with Crippen molar-refractivity contribution >= 4 is 23.5 Å². The third-order valence-corrected chi connectivity index (χ3v) is 5.75. The predicted molar refractivity (Wildman–Crippen MR) is 134 cm³/mol. The maximum Gasteiger partial charge on any atom is 0.263 e. The molecule has 0 bridgehead atoms. The van der Waals surface area contributed by atoms with Crippen molar-refractivity contribution in [2.45, 2.75) is 25.9 Å². The number of hydrogen-bond donors (Lipinski definition) is 2. The van der Waals surface area contributed by atoms with Crippen LogP contribution >= 0.6 is 0 Å². The monoisotopic (exact) mass is 504 g/mol. The Morgan fingerprint density at radius 2 is 1.62 bits per heavy atom. The van der Waals surface area contributed by atoms with E-state index in [9.17, 15) is 14.0 Å². The lowest BCUT2D eigenvalue weighted by molar-refractivity contribution is 0.101. The topological polar surface area (TPSA) is 112 Å². The Morgan fingerprint density at radius 1 is 0.973 bits per heavy atom. The van der Waals surface area contributed by atoms with Crippen LogP contribution < -0.4 is 20.1 Å². The van der Waals surface area contributed by atoms with Gasteiger partial charge in [0.25, 0.3) is 11.8 Å². The van der Waals surface area contributed by atoms with E-state index in [1.165, 1.54) is 22.9 Å². The van der Waals surface area contributed by atoms with E-state index in [1.807, 2.05) is 13.8 Å². The number of halogens is 1. The molecule has 0 radical (unpaired) electrons. The van der Waals surface area contributed by atoms with Gasteiger partial charge in [0, 0.05) is 56.2 Å². The molecule has 2 N–H and O–H groups in total. The van der Waals surface area contributed by atoms with Crippen LogP contribution in [-0.2, 0) is 20.5 Å². The van der Waals surface area contributed by atoms with Crippen molar-refractivity contribution in [3.8, 4) is 17.2 Å². The average Bonchev–Trinajstić information content (AvgIpc) is 3.50. The number of carbonyl (C=O) groups is 2. The fourth-order valence-corrected chi connectivity index (χ4v) is 4.13. The first-order valence-corrected chi connectivity index (χ1v) is 11.5. The van der Waals surface area contributed by atoms with Crippen LogP contribution in [0.25, 0.3) is 0 Å². The van der Waals surface area contributed by atoms with Crippen LogP contribution in [0.2, 0.25) is 0 Å². The van der Waals surface area contributed by atoms with Crippen LogP contribution in [0.5, 0.6) is 17.2 Å². The third-order valence-electron chi connectivity index (χ3n) is 5.75. The lowest BCUT2D eigenvalue weighted by Crippen LogP contribution is -2.24. The van der Waals surface area contributed by atoms with Gasteiger partial charge in [0.15, 0.2) is 11.6 Å². The molecule has 4 aromatic rings. The molecule has 0 unspecified atom stereocenters. The molecule has 0 spiro atoms. The molecule has 3 heterocycles. The zero-order valence-electron chi connectivity index (χ0n) is 20.7. The predicted octanol–water partition coefficient (Wildman–Crippen LogP) is 4.30. The molecule has 1 aliphatic rings. The highest BCUT2D eigenvalue weighted by atomic mass is 19.1. The van der Waals surface area contributed by atoms with E-state index in [2.05, 4.69) is 20.8 Å². The molecule has 10 nitrogen and oxygen atoms in total. The van der Waals surface area contributed by atoms with Gasteiger partial charge in [-0.15, -0.1) is 0 Å². The number of anilines is 2.